The number of hydrogen-bond acceptors (Lipinski definition) is 4. The van der Waals surface area contributed by atoms with E-state index in [1.54, 1.807) is 11.1 Å². The monoisotopic (exact) mass is 375 g/mol. The van der Waals surface area contributed by atoms with Crippen molar-refractivity contribution < 1.29 is 9.53 Å². The van der Waals surface area contributed by atoms with Gasteiger partial charge in [-0.05, 0) is 65.6 Å². The molecule has 5 heteroatoms. The van der Waals surface area contributed by atoms with Crippen LogP contribution in [0.15, 0.2) is 18.3 Å². The first-order valence-corrected chi connectivity index (χ1v) is 10.6. The summed E-state index contributed by atoms with van der Waals surface area (Å²) < 4.78 is 5.69. The van der Waals surface area contributed by atoms with Gasteiger partial charge in [0.05, 0.1) is 0 Å². The largest absolute Gasteiger partial charge is 0.443 e. The van der Waals surface area contributed by atoms with Gasteiger partial charge in [-0.1, -0.05) is 32.8 Å². The lowest BCUT2D eigenvalue weighted by atomic mass is 10.0. The fraction of sp³-hybridized carbons (Fsp3) is 0.727. The van der Waals surface area contributed by atoms with E-state index < -0.39 is 5.60 Å². The van der Waals surface area contributed by atoms with E-state index in [1.165, 1.54) is 19.3 Å². The van der Waals surface area contributed by atoms with E-state index in [2.05, 4.69) is 29.8 Å². The van der Waals surface area contributed by atoms with Gasteiger partial charge in [0.15, 0.2) is 0 Å². The maximum absolute atomic E-state index is 12.9. The summed E-state index contributed by atoms with van der Waals surface area (Å²) in [6.07, 6.45) is 8.17. The number of hydrogen-bond donors (Lipinski definition) is 0. The van der Waals surface area contributed by atoms with Crippen LogP contribution in [0.25, 0.3) is 0 Å². The summed E-state index contributed by atoms with van der Waals surface area (Å²) in [7, 11) is 0. The lowest BCUT2D eigenvalue weighted by Crippen LogP contribution is -2.39. The zero-order valence-corrected chi connectivity index (χ0v) is 17.8. The van der Waals surface area contributed by atoms with Gasteiger partial charge in [0.2, 0.25) is 0 Å². The zero-order valence-electron chi connectivity index (χ0n) is 17.8. The number of carbonyl (C=O) groups excluding carboxylic acids is 1. The molecule has 2 heterocycles. The number of aromatic nitrogens is 1. The fourth-order valence-electron chi connectivity index (χ4n) is 3.62. The van der Waals surface area contributed by atoms with Crippen LogP contribution in [-0.4, -0.2) is 41.2 Å². The highest BCUT2D eigenvalue weighted by Gasteiger charge is 2.32. The topological polar surface area (TPSA) is 45.7 Å². The Hall–Kier alpha value is -1.62. The molecule has 1 atom stereocenters. The van der Waals surface area contributed by atoms with Gasteiger partial charge in [-0.25, -0.2) is 9.78 Å². The van der Waals surface area contributed by atoms with Crippen LogP contribution in [0.3, 0.4) is 0 Å². The predicted octanol–water partition coefficient (Wildman–Crippen LogP) is 5.56. The Balaban J connectivity index is 2.32. The minimum atomic E-state index is -0.517. The van der Waals surface area contributed by atoms with Gasteiger partial charge >= 0.3 is 6.09 Å². The van der Waals surface area contributed by atoms with Crippen LogP contribution in [0.4, 0.5) is 10.6 Å². The fourth-order valence-corrected chi connectivity index (χ4v) is 3.62. The first kappa shape index (κ1) is 21.7. The summed E-state index contributed by atoms with van der Waals surface area (Å²) in [6.45, 7) is 13.0. The first-order valence-electron chi connectivity index (χ1n) is 10.6. The Bertz CT molecular complexity index is 597. The van der Waals surface area contributed by atoms with E-state index in [0.29, 0.717) is 12.6 Å². The molecule has 0 radical (unpaired) electrons. The summed E-state index contributed by atoms with van der Waals surface area (Å²) in [5.74, 6) is 0.772. The highest BCUT2D eigenvalue weighted by molar-refractivity contribution is 5.87. The molecule has 1 saturated heterocycles. The van der Waals surface area contributed by atoms with Crippen LogP contribution in [0.1, 0.15) is 84.7 Å². The van der Waals surface area contributed by atoms with Gasteiger partial charge in [0.1, 0.15) is 11.4 Å². The van der Waals surface area contributed by atoms with Crippen LogP contribution >= 0.6 is 0 Å². The molecule has 1 aromatic rings. The predicted molar refractivity (Wildman–Crippen MR) is 111 cm³/mol. The minimum Gasteiger partial charge on any atom is -0.443 e. The summed E-state index contributed by atoms with van der Waals surface area (Å²) in [5.41, 5.74) is 0.643. The molecule has 1 amide bonds. The molecule has 0 aliphatic carbocycles. The van der Waals surface area contributed by atoms with Gasteiger partial charge in [-0.3, -0.25) is 9.80 Å². The lowest BCUT2D eigenvalue weighted by Gasteiger charge is -2.31. The highest BCUT2D eigenvalue weighted by Crippen LogP contribution is 2.37. The summed E-state index contributed by atoms with van der Waals surface area (Å²) >= 11 is 0. The summed E-state index contributed by atoms with van der Waals surface area (Å²) in [6, 6.07) is 4.47. The van der Waals surface area contributed by atoms with Crippen molar-refractivity contribution in [3.63, 3.8) is 0 Å². The van der Waals surface area contributed by atoms with Gasteiger partial charge in [0, 0.05) is 24.3 Å². The average Bonchev–Trinajstić information content (AvgIpc) is 3.07. The number of ether oxygens (including phenoxy) is 1. The van der Waals surface area contributed by atoms with Gasteiger partial charge in [0.25, 0.3) is 0 Å². The van der Waals surface area contributed by atoms with Crippen molar-refractivity contribution in [1.82, 2.24) is 9.88 Å². The van der Waals surface area contributed by atoms with Crippen LogP contribution in [-0.2, 0) is 4.74 Å². The van der Waals surface area contributed by atoms with E-state index in [9.17, 15) is 4.79 Å². The van der Waals surface area contributed by atoms with Crippen molar-refractivity contribution in [2.24, 2.45) is 0 Å². The van der Waals surface area contributed by atoms with Crippen molar-refractivity contribution in [2.45, 2.75) is 84.8 Å². The molecule has 0 spiro atoms. The second kappa shape index (κ2) is 10.1. The molecular formula is C22H37N3O2. The quantitative estimate of drug-likeness (QED) is 0.597. The molecule has 27 heavy (non-hydrogen) atoms. The van der Waals surface area contributed by atoms with Crippen molar-refractivity contribution in [3.05, 3.63) is 23.9 Å². The van der Waals surface area contributed by atoms with Crippen LogP contribution in [0, 0.1) is 0 Å². The molecule has 0 aromatic carbocycles. The number of unbranched alkanes of at least 4 members (excludes halogenated alkanes) is 2. The minimum absolute atomic E-state index is 0.297. The van der Waals surface area contributed by atoms with Gasteiger partial charge in [-0.2, -0.15) is 0 Å². The third-order valence-corrected chi connectivity index (χ3v) is 4.94. The average molecular weight is 376 g/mol. The number of carbonyl (C=O) groups is 1. The molecule has 1 fully saturated rings. The third kappa shape index (κ3) is 6.20. The van der Waals surface area contributed by atoms with E-state index in [4.69, 9.17) is 4.74 Å². The van der Waals surface area contributed by atoms with E-state index in [-0.39, 0.29) is 6.09 Å². The molecule has 152 valence electrons. The Morgan fingerprint density at radius 1 is 1.30 bits per heavy atom. The maximum atomic E-state index is 12.9. The highest BCUT2D eigenvalue weighted by atomic mass is 16.6. The van der Waals surface area contributed by atoms with Crippen LogP contribution in [0.2, 0.25) is 0 Å². The summed E-state index contributed by atoms with van der Waals surface area (Å²) in [5, 5.41) is 0. The Labute approximate surface area is 165 Å². The number of rotatable bonds is 8. The van der Waals surface area contributed by atoms with Gasteiger partial charge in [-0.15, -0.1) is 0 Å². The molecule has 1 unspecified atom stereocenters. The van der Waals surface area contributed by atoms with Crippen LogP contribution in [0.5, 0.6) is 0 Å². The summed E-state index contributed by atoms with van der Waals surface area (Å²) in [4.78, 5) is 21.9. The number of anilines is 1. The molecule has 2 rings (SSSR count). The third-order valence-electron chi connectivity index (χ3n) is 4.94. The Morgan fingerprint density at radius 3 is 2.70 bits per heavy atom. The second-order valence-electron chi connectivity index (χ2n) is 8.45. The molecule has 1 aliphatic rings. The molecule has 1 aliphatic heterocycles. The molecule has 0 bridgehead atoms. The van der Waals surface area contributed by atoms with Crippen molar-refractivity contribution in [3.8, 4) is 0 Å². The number of nitrogens with zero attached hydrogens (tertiary/aromatic N) is 3. The zero-order chi connectivity index (χ0) is 19.9. The number of amides is 1. The van der Waals surface area contributed by atoms with Gasteiger partial charge < -0.3 is 4.74 Å². The molecular weight excluding hydrogens is 338 g/mol. The SMILES string of the molecule is CCCCN(C(=O)OC(C)(C)C)c1ncccc1C1CCCN1CCCC. The van der Waals surface area contributed by atoms with E-state index in [1.807, 2.05) is 26.8 Å². The second-order valence-corrected chi connectivity index (χ2v) is 8.45. The smallest absolute Gasteiger partial charge is 0.416 e. The molecule has 0 saturated carbocycles. The van der Waals surface area contributed by atoms with Crippen molar-refractivity contribution >= 4 is 11.9 Å². The van der Waals surface area contributed by atoms with E-state index in [0.717, 1.165) is 43.7 Å². The van der Waals surface area contributed by atoms with E-state index >= 15 is 0 Å². The molecule has 1 aromatic heterocycles. The van der Waals surface area contributed by atoms with Crippen molar-refractivity contribution in [2.75, 3.05) is 24.5 Å². The van der Waals surface area contributed by atoms with Crippen LogP contribution < -0.4 is 4.90 Å². The lowest BCUT2D eigenvalue weighted by molar-refractivity contribution is 0.0578. The number of likely N-dealkylation sites (tertiary alicyclic amines) is 1. The molecule has 5 nitrogen and oxygen atoms in total. The standard InChI is InChI=1S/C22H37N3O2/c1-6-8-15-24-16-11-13-19(24)18-12-10-14-23-20(18)25(17-9-7-2)21(26)27-22(3,4)5/h10,12,14,19H,6-9,11,13,15-17H2,1-5H3. The maximum Gasteiger partial charge on any atom is 0.416 e. The Kier molecular flexibility index (Phi) is 8.08. The molecule has 0 N–H and O–H groups in total. The first-order chi connectivity index (χ1) is 12.9. The Morgan fingerprint density at radius 2 is 2.04 bits per heavy atom. The normalized spacial score (nSPS) is 17.9. The number of pyridine rings is 1. The van der Waals surface area contributed by atoms with Crippen molar-refractivity contribution in [1.29, 1.82) is 0 Å².